The van der Waals surface area contributed by atoms with Crippen LogP contribution in [-0.2, 0) is 0 Å². The van der Waals surface area contributed by atoms with Crippen LogP contribution in [0.5, 0.6) is 0 Å². The molecule has 106 valence electrons. The van der Waals surface area contributed by atoms with Crippen molar-refractivity contribution in [1.82, 2.24) is 0 Å². The summed E-state index contributed by atoms with van der Waals surface area (Å²) in [4.78, 5) is 0. The van der Waals surface area contributed by atoms with Crippen LogP contribution in [0.3, 0.4) is 0 Å². The van der Waals surface area contributed by atoms with Crippen molar-refractivity contribution in [3.8, 4) is 0 Å². The van der Waals surface area contributed by atoms with Crippen molar-refractivity contribution in [2.45, 2.75) is 0 Å². The van der Waals surface area contributed by atoms with E-state index < -0.39 is 0 Å². The normalized spacial score (nSPS) is 10.2. The first-order valence-electron chi connectivity index (χ1n) is 6.06. The van der Waals surface area contributed by atoms with Crippen LogP contribution in [0.15, 0.2) is 48.5 Å². The quantitative estimate of drug-likeness (QED) is 0.652. The van der Waals surface area contributed by atoms with E-state index in [2.05, 4.69) is 5.32 Å². The largest absolute Gasteiger partial charge is 0.399 e. The van der Waals surface area contributed by atoms with Gasteiger partial charge in [-0.2, -0.15) is 0 Å². The summed E-state index contributed by atoms with van der Waals surface area (Å²) < 4.78 is 0. The lowest BCUT2D eigenvalue weighted by Crippen LogP contribution is -1.98. The van der Waals surface area contributed by atoms with Crippen LogP contribution < -0.4 is 22.5 Å². The Balaban J connectivity index is 0.00000200. The van der Waals surface area contributed by atoms with E-state index in [1.807, 2.05) is 48.6 Å². The maximum Gasteiger partial charge on any atom is 0.0389 e. The van der Waals surface area contributed by atoms with Crippen LogP contribution in [0.4, 0.5) is 22.7 Å². The van der Waals surface area contributed by atoms with Gasteiger partial charge in [-0.15, -0.1) is 12.4 Å². The fourth-order valence-electron chi connectivity index (χ4n) is 1.70. The molecular weight excluding hydrogens is 272 g/mol. The molecule has 0 aliphatic heterocycles. The number of nitrogen functional groups attached to an aromatic ring is 3. The molecule has 0 unspecified atom stereocenters. The van der Waals surface area contributed by atoms with Gasteiger partial charge in [0, 0.05) is 29.3 Å². The summed E-state index contributed by atoms with van der Waals surface area (Å²) in [7, 11) is 0. The molecule has 0 aliphatic rings. The van der Waals surface area contributed by atoms with E-state index in [0.717, 1.165) is 22.6 Å². The van der Waals surface area contributed by atoms with Crippen molar-refractivity contribution < 1.29 is 0 Å². The Hall–Kier alpha value is -2.33. The van der Waals surface area contributed by atoms with Gasteiger partial charge in [-0.1, -0.05) is 12.2 Å². The summed E-state index contributed by atoms with van der Waals surface area (Å²) in [6.07, 6.45) is 3.96. The maximum absolute atomic E-state index is 5.86. The molecule has 0 fully saturated rings. The number of benzene rings is 2. The Labute approximate surface area is 125 Å². The highest BCUT2D eigenvalue weighted by atomic mass is 35.5. The highest BCUT2D eigenvalue weighted by Gasteiger charge is 1.95. The highest BCUT2D eigenvalue weighted by molar-refractivity contribution is 5.85. The standard InChI is InChI=1S/C15H18N4.ClH/c16-12-3-6-14(7-4-12)19-9-1-2-11-10-13(17)5-8-15(11)18;/h1-8,10,19H,9,16-18H2;1H. The predicted molar refractivity (Wildman–Crippen MR) is 90.9 cm³/mol. The van der Waals surface area contributed by atoms with Gasteiger partial charge in [0.25, 0.3) is 0 Å². The summed E-state index contributed by atoms with van der Waals surface area (Å²) >= 11 is 0. The minimum atomic E-state index is 0. The predicted octanol–water partition coefficient (Wildman–Crippen LogP) is 2.98. The lowest BCUT2D eigenvalue weighted by molar-refractivity contribution is 1.34. The van der Waals surface area contributed by atoms with Crippen LogP contribution in [0.1, 0.15) is 5.56 Å². The topological polar surface area (TPSA) is 90.1 Å². The first-order chi connectivity index (χ1) is 9.15. The van der Waals surface area contributed by atoms with Gasteiger partial charge in [0.1, 0.15) is 0 Å². The van der Waals surface area contributed by atoms with Crippen LogP contribution in [-0.4, -0.2) is 6.54 Å². The van der Waals surface area contributed by atoms with E-state index in [4.69, 9.17) is 17.2 Å². The van der Waals surface area contributed by atoms with Crippen molar-refractivity contribution in [1.29, 1.82) is 0 Å². The molecule has 2 rings (SSSR count). The molecule has 5 heteroatoms. The molecular formula is C15H19ClN4. The molecule has 0 saturated carbocycles. The Morgan fingerprint density at radius 3 is 2.25 bits per heavy atom. The highest BCUT2D eigenvalue weighted by Crippen LogP contribution is 2.17. The average molecular weight is 291 g/mol. The second-order valence-electron chi connectivity index (χ2n) is 4.29. The first kappa shape index (κ1) is 15.7. The third-order valence-electron chi connectivity index (χ3n) is 2.74. The number of nitrogens with two attached hydrogens (primary N) is 3. The van der Waals surface area contributed by atoms with E-state index in [1.165, 1.54) is 0 Å². The van der Waals surface area contributed by atoms with Crippen LogP contribution in [0, 0.1) is 0 Å². The maximum atomic E-state index is 5.86. The van der Waals surface area contributed by atoms with E-state index in [9.17, 15) is 0 Å². The minimum Gasteiger partial charge on any atom is -0.399 e. The summed E-state index contributed by atoms with van der Waals surface area (Å²) in [5.41, 5.74) is 21.3. The average Bonchev–Trinajstić information content (AvgIpc) is 2.40. The zero-order valence-corrected chi connectivity index (χ0v) is 11.9. The summed E-state index contributed by atoms with van der Waals surface area (Å²) in [6, 6.07) is 13.1. The fraction of sp³-hybridized carbons (Fsp3) is 0.0667. The van der Waals surface area contributed by atoms with E-state index in [1.54, 1.807) is 6.07 Å². The third-order valence-corrected chi connectivity index (χ3v) is 2.74. The molecule has 0 amide bonds. The monoisotopic (exact) mass is 290 g/mol. The van der Waals surface area contributed by atoms with Gasteiger partial charge in [0.05, 0.1) is 0 Å². The van der Waals surface area contributed by atoms with Crippen molar-refractivity contribution in [2.24, 2.45) is 0 Å². The van der Waals surface area contributed by atoms with Gasteiger partial charge in [-0.3, -0.25) is 0 Å². The Bertz CT molecular complexity index is 579. The second kappa shape index (κ2) is 7.31. The molecule has 0 radical (unpaired) electrons. The molecule has 7 N–H and O–H groups in total. The summed E-state index contributed by atoms with van der Waals surface area (Å²) in [5, 5.41) is 3.26. The van der Waals surface area contributed by atoms with Crippen LogP contribution >= 0.6 is 12.4 Å². The van der Waals surface area contributed by atoms with Gasteiger partial charge in [-0.25, -0.2) is 0 Å². The molecule has 0 bridgehead atoms. The van der Waals surface area contributed by atoms with E-state index >= 15 is 0 Å². The molecule has 0 saturated heterocycles. The first-order valence-corrected chi connectivity index (χ1v) is 6.06. The van der Waals surface area contributed by atoms with Crippen molar-refractivity contribution in [3.63, 3.8) is 0 Å². The Kier molecular flexibility index (Phi) is 5.74. The number of halogens is 1. The summed E-state index contributed by atoms with van der Waals surface area (Å²) in [6.45, 7) is 0.707. The van der Waals surface area contributed by atoms with Crippen LogP contribution in [0.25, 0.3) is 6.08 Å². The van der Waals surface area contributed by atoms with Crippen LogP contribution in [0.2, 0.25) is 0 Å². The van der Waals surface area contributed by atoms with Gasteiger partial charge < -0.3 is 22.5 Å². The summed E-state index contributed by atoms with van der Waals surface area (Å²) in [5.74, 6) is 0. The molecule has 4 nitrogen and oxygen atoms in total. The van der Waals surface area contributed by atoms with Gasteiger partial charge in [0.2, 0.25) is 0 Å². The van der Waals surface area contributed by atoms with E-state index in [0.29, 0.717) is 12.2 Å². The second-order valence-corrected chi connectivity index (χ2v) is 4.29. The molecule has 2 aromatic rings. The molecule has 2 aromatic carbocycles. The molecule has 0 heterocycles. The molecule has 20 heavy (non-hydrogen) atoms. The minimum absolute atomic E-state index is 0. The Morgan fingerprint density at radius 2 is 1.55 bits per heavy atom. The number of rotatable bonds is 4. The molecule has 0 spiro atoms. The molecule has 0 aliphatic carbocycles. The van der Waals surface area contributed by atoms with Gasteiger partial charge in [0.15, 0.2) is 0 Å². The zero-order chi connectivity index (χ0) is 13.7. The van der Waals surface area contributed by atoms with Gasteiger partial charge >= 0.3 is 0 Å². The van der Waals surface area contributed by atoms with Crippen molar-refractivity contribution in [2.75, 3.05) is 29.1 Å². The number of hydrogen-bond donors (Lipinski definition) is 4. The Morgan fingerprint density at radius 1 is 0.900 bits per heavy atom. The van der Waals surface area contributed by atoms with Crippen molar-refractivity contribution >= 4 is 41.2 Å². The van der Waals surface area contributed by atoms with Gasteiger partial charge in [-0.05, 0) is 48.0 Å². The smallest absolute Gasteiger partial charge is 0.0389 e. The number of hydrogen-bond acceptors (Lipinski definition) is 4. The number of anilines is 4. The molecule has 0 aromatic heterocycles. The lowest BCUT2D eigenvalue weighted by Gasteiger charge is -2.04. The van der Waals surface area contributed by atoms with Crippen molar-refractivity contribution in [3.05, 3.63) is 54.1 Å². The zero-order valence-electron chi connectivity index (χ0n) is 11.0. The van der Waals surface area contributed by atoms with E-state index in [-0.39, 0.29) is 12.4 Å². The number of nitrogens with one attached hydrogen (secondary N) is 1. The molecule has 0 atom stereocenters. The third kappa shape index (κ3) is 4.40. The lowest BCUT2D eigenvalue weighted by atomic mass is 10.1. The SMILES string of the molecule is Cl.Nc1ccc(NCC=Cc2cc(N)ccc2N)cc1. The fourth-order valence-corrected chi connectivity index (χ4v) is 1.70.